The number of carbonyl (C=O) groups excluding carboxylic acids is 13. The Bertz CT molecular complexity index is 4740. The highest BCUT2D eigenvalue weighted by atomic mass is 19.4. The van der Waals surface area contributed by atoms with E-state index in [1.807, 2.05) is 13.8 Å². The molecule has 0 spiro atoms. The number of Topliss-reactive ketones (excluding diaryl/α,β-unsaturated/α-hetero) is 2. The lowest BCUT2D eigenvalue weighted by Gasteiger charge is -2.62. The average molecular weight is 1710 g/mol. The number of carboxylic acids is 2. The zero-order valence-electron chi connectivity index (χ0n) is 69.0. The van der Waals surface area contributed by atoms with Gasteiger partial charge in [-0.05, 0) is 183 Å². The molecule has 11 N–H and O–H groups in total. The van der Waals surface area contributed by atoms with Crippen LogP contribution in [0.25, 0.3) is 0 Å². The van der Waals surface area contributed by atoms with Crippen molar-refractivity contribution in [2.24, 2.45) is 62.9 Å². The van der Waals surface area contributed by atoms with Crippen molar-refractivity contribution in [2.45, 2.75) is 249 Å². The zero-order chi connectivity index (χ0) is 89.5. The third kappa shape index (κ3) is 16.4. The molecular weight excluding hydrogens is 1600 g/mol. The summed E-state index contributed by atoms with van der Waals surface area (Å²) in [5.74, 6) is -12.8. The Morgan fingerprint density at radius 1 is 0.541 bits per heavy atom. The minimum Gasteiger partial charge on any atom is -0.485 e. The number of ether oxygens (including phenoxy) is 2. The molecule has 34 heteroatoms. The topological polar surface area (TPSA) is 464 Å². The molecule has 2 aromatic rings. The number of halogens is 5. The second-order valence-corrected chi connectivity index (χ2v) is 35.4. The van der Waals surface area contributed by atoms with Gasteiger partial charge in [-0.15, -0.1) is 0 Å². The smallest absolute Gasteiger partial charge is 0.485 e. The third-order valence-electron chi connectivity index (χ3n) is 28.6. The number of carboxylic acid groups (broad SMARTS) is 2. The molecule has 9 amide bonds. The van der Waals surface area contributed by atoms with Gasteiger partial charge >= 0.3 is 18.1 Å². The lowest BCUT2D eigenvalue weighted by molar-refractivity contribution is -0.225. The lowest BCUT2D eigenvalue weighted by Crippen LogP contribution is -2.70. The summed E-state index contributed by atoms with van der Waals surface area (Å²) >= 11 is 0. The van der Waals surface area contributed by atoms with E-state index in [1.54, 1.807) is 45.9 Å². The molecule has 8 fully saturated rings. The third-order valence-corrected chi connectivity index (χ3v) is 28.6. The molecule has 4 heterocycles. The van der Waals surface area contributed by atoms with Crippen molar-refractivity contribution >= 4 is 88.2 Å². The zero-order valence-corrected chi connectivity index (χ0v) is 69.0. The normalized spacial score (nSPS) is 33.8. The molecule has 122 heavy (non-hydrogen) atoms. The Balaban J connectivity index is 0.000000187. The van der Waals surface area contributed by atoms with E-state index in [0.29, 0.717) is 82.0 Å². The van der Waals surface area contributed by atoms with E-state index in [-0.39, 0.29) is 127 Å². The van der Waals surface area contributed by atoms with E-state index in [4.69, 9.17) is 25.1 Å². The number of aliphatic hydroxyl groups is 4. The molecule has 2 aromatic carbocycles. The fraction of sp³-hybridized carbons (Fsp3) is 0.602. The van der Waals surface area contributed by atoms with Gasteiger partial charge < -0.3 is 51.2 Å². The van der Waals surface area contributed by atoms with Gasteiger partial charge in [-0.1, -0.05) is 102 Å². The van der Waals surface area contributed by atoms with Crippen molar-refractivity contribution in [3.63, 3.8) is 0 Å². The van der Waals surface area contributed by atoms with E-state index in [9.17, 15) is 106 Å². The number of piperidine rings is 2. The van der Waals surface area contributed by atoms with E-state index in [2.05, 4.69) is 16.0 Å². The standard InChI is InChI=1S/C43H52FN3O10.C22H27N3O6.C21H27FO5.C2HF3O2/c1-24-20-30-29-14-13-25-21-26(48)17-18-40(25,2)42(29,44)33(50)22-41(30,3)43(24,56)39(55)45-19-8-6-4-5-7-10-27(49)23-57-32-12-9-11-28-35(32)38(54)47(37(28)53)31-15-16-34(51)46-36(31)52;23-12-5-3-1-2-4-7-14(26)13-31-17-9-6-8-15-19(17)22(30)25(21(15)29)16-10-11-18(27)24-20(16)28;1-11-8-15-14-5-4-12-9-13(23)6-7-18(12,2)20(14,22)16(24)10-19(15,3)21(11,27)17(25)26;3-2(4,5)1(6)7/h9,11-12,17-18,21,24,29-31,33,50,56H,4-8,10,13-16,19-20,22-23H2,1-3H3,(H,45,55)(H,46,51,52);6,8-9,16H,1-5,7,10-13,23H2,(H,24,27,28);6-7,9,11,14-16,24,27H,4-5,8,10H2,1-3H3,(H,25,26);(H,6,7)/t24-,29+,30+,31?,33+,40+,41+,42+,43+;;11-,14+,15-,16+,18+,19+,20+,21+;/m1.1./s1. The van der Waals surface area contributed by atoms with Crippen LogP contribution in [0.1, 0.15) is 237 Å². The number of nitrogens with two attached hydrogens (primary N) is 1. The molecule has 18 atom stereocenters. The quantitative estimate of drug-likeness (QED) is 0.0254. The van der Waals surface area contributed by atoms with Crippen LogP contribution in [0, 0.1) is 57.2 Å². The SMILES string of the molecule is C[C@@H]1C[C@@H]2[C@@H]3CCC4=CC(=O)C=C[C@]4(C)[C@@]3(F)[C@@H](O)C[C@]2(C)[C@@]1(O)C(=O)O.C[C@@H]1C[C@H]2[C@@H]3CCC4=CC(=O)C=C[C@]4(C)[C@@]3(F)[C@@H](O)C[C@]2(C)[C@@]1(O)C(=O)NCCCCCCCC(=O)COc1cccc2c1C(=O)N(C1CCC(=O)NC1=O)C2=O.NCCCCCCCC(=O)COc1cccc2c1C(=O)N(C1CCC(=O)NC1=O)C2=O.O=C(O)C(F)(F)F. The number of imide groups is 4. The van der Waals surface area contributed by atoms with Crippen LogP contribution in [0.2, 0.25) is 0 Å². The first-order chi connectivity index (χ1) is 57.3. The number of nitrogens with one attached hydrogen (secondary N) is 3. The summed E-state index contributed by atoms with van der Waals surface area (Å²) in [4.78, 5) is 185. The van der Waals surface area contributed by atoms with Gasteiger partial charge in [-0.2, -0.15) is 13.2 Å². The van der Waals surface area contributed by atoms with Crippen molar-refractivity contribution in [2.75, 3.05) is 26.3 Å². The minimum absolute atomic E-state index is 0.00296. The van der Waals surface area contributed by atoms with Gasteiger partial charge in [-0.25, -0.2) is 18.4 Å². The van der Waals surface area contributed by atoms with Gasteiger partial charge in [0.2, 0.25) is 23.6 Å². The highest BCUT2D eigenvalue weighted by molar-refractivity contribution is 6.25. The van der Waals surface area contributed by atoms with Crippen molar-refractivity contribution < 1.29 is 134 Å². The molecule has 14 rings (SSSR count). The number of allylic oxidation sites excluding steroid dienone is 8. The van der Waals surface area contributed by atoms with Gasteiger partial charge in [0.25, 0.3) is 29.5 Å². The summed E-state index contributed by atoms with van der Waals surface area (Å²) in [5, 5.41) is 70.0. The number of aliphatic hydroxyl groups excluding tert-OH is 2. The Kier molecular flexibility index (Phi) is 27.2. The maximum Gasteiger partial charge on any atom is 0.490 e. The Labute approximate surface area is 700 Å². The van der Waals surface area contributed by atoms with E-state index in [1.165, 1.54) is 54.6 Å². The van der Waals surface area contributed by atoms with Gasteiger partial charge in [0.05, 0.1) is 34.5 Å². The van der Waals surface area contributed by atoms with Crippen LogP contribution in [0.4, 0.5) is 22.0 Å². The molecule has 29 nitrogen and oxygen atoms in total. The van der Waals surface area contributed by atoms with Gasteiger partial charge in [0.1, 0.15) is 36.8 Å². The number of amides is 9. The van der Waals surface area contributed by atoms with Crippen LogP contribution in [0.5, 0.6) is 11.5 Å². The number of hydrogen-bond acceptors (Lipinski definition) is 22. The van der Waals surface area contributed by atoms with Crippen molar-refractivity contribution in [3.8, 4) is 11.5 Å². The Hall–Kier alpha value is -9.90. The number of aliphatic carboxylic acids is 2. The summed E-state index contributed by atoms with van der Waals surface area (Å²) in [6, 6.07) is 6.90. The summed E-state index contributed by atoms with van der Waals surface area (Å²) in [6.07, 6.45) is 12.6. The molecule has 662 valence electrons. The lowest BCUT2D eigenvalue weighted by atomic mass is 9.44. The number of fused-ring (bicyclic) bond motifs is 12. The summed E-state index contributed by atoms with van der Waals surface area (Å²) in [6.45, 7) is 11.0. The summed E-state index contributed by atoms with van der Waals surface area (Å²) in [7, 11) is 0. The molecule has 2 unspecified atom stereocenters. The molecule has 8 aliphatic carbocycles. The van der Waals surface area contributed by atoms with Gasteiger partial charge in [0, 0.05) is 65.7 Å². The number of nitrogens with zero attached hydrogens (tertiary/aromatic N) is 2. The molecule has 0 aromatic heterocycles. The summed E-state index contributed by atoms with van der Waals surface area (Å²) in [5.41, 5.74) is -5.17. The van der Waals surface area contributed by atoms with E-state index >= 15 is 8.78 Å². The number of rotatable bonds is 25. The number of alkyl halides is 5. The van der Waals surface area contributed by atoms with Crippen molar-refractivity contribution in [1.29, 1.82) is 0 Å². The van der Waals surface area contributed by atoms with E-state index in [0.717, 1.165) is 61.2 Å². The number of ketones is 4. The largest absolute Gasteiger partial charge is 0.490 e. The van der Waals surface area contributed by atoms with Crippen LogP contribution in [-0.2, 0) is 52.7 Å². The fourth-order valence-corrected chi connectivity index (χ4v) is 22.0. The molecule has 0 radical (unpaired) electrons. The number of unbranched alkanes of at least 4 members (excludes halogenated alkanes) is 8. The maximum absolute atomic E-state index is 17.4. The molecular formula is C88H107F5N6O23. The highest BCUT2D eigenvalue weighted by Gasteiger charge is 2.78. The van der Waals surface area contributed by atoms with Crippen molar-refractivity contribution in [3.05, 3.63) is 106 Å². The monoisotopic (exact) mass is 1710 g/mol. The second-order valence-electron chi connectivity index (χ2n) is 35.4. The first-order valence-electron chi connectivity index (χ1n) is 41.9. The van der Waals surface area contributed by atoms with Gasteiger partial charge in [0.15, 0.2) is 45.7 Å². The number of carbonyl (C=O) groups is 15. The first kappa shape index (κ1) is 92.8. The Morgan fingerprint density at radius 3 is 1.32 bits per heavy atom. The van der Waals surface area contributed by atoms with Crippen molar-refractivity contribution in [1.82, 2.24) is 25.8 Å². The van der Waals surface area contributed by atoms with Gasteiger partial charge in [-0.3, -0.25) is 82.8 Å². The van der Waals surface area contributed by atoms with E-state index < -0.39 is 163 Å². The molecule has 0 bridgehead atoms. The molecule has 4 aliphatic heterocycles. The molecule has 12 aliphatic rings. The maximum atomic E-state index is 17.4. The Morgan fingerprint density at radius 2 is 0.926 bits per heavy atom. The second kappa shape index (κ2) is 35.7. The average Bonchev–Trinajstić information content (AvgIpc) is 1.44. The van der Waals surface area contributed by atoms with Crippen LogP contribution < -0.4 is 31.2 Å². The van der Waals surface area contributed by atoms with Crippen LogP contribution in [0.3, 0.4) is 0 Å². The number of hydrogen-bond donors (Lipinski definition) is 10. The predicted molar refractivity (Wildman–Crippen MR) is 422 cm³/mol. The van der Waals surface area contributed by atoms with Crippen LogP contribution in [0.15, 0.2) is 84.0 Å². The van der Waals surface area contributed by atoms with Crippen LogP contribution >= 0.6 is 0 Å². The van der Waals surface area contributed by atoms with Crippen LogP contribution in [-0.4, -0.2) is 208 Å². The molecule has 2 saturated heterocycles. The fourth-order valence-electron chi connectivity index (χ4n) is 22.0. The summed E-state index contributed by atoms with van der Waals surface area (Å²) < 4.78 is 77.2. The molecule has 6 saturated carbocycles. The number of benzene rings is 2. The predicted octanol–water partition coefficient (Wildman–Crippen LogP) is 8.23. The first-order valence-corrected chi connectivity index (χ1v) is 41.9. The minimum atomic E-state index is -5.08. The highest BCUT2D eigenvalue weighted by Crippen LogP contribution is 2.73.